The summed E-state index contributed by atoms with van der Waals surface area (Å²) < 4.78 is 0. The Bertz CT molecular complexity index is 404. The first kappa shape index (κ1) is 13.5. The van der Waals surface area contributed by atoms with Gasteiger partial charge in [-0.15, -0.1) is 10.3 Å². The van der Waals surface area contributed by atoms with Crippen LogP contribution in [0.1, 0.15) is 51.7 Å². The zero-order valence-corrected chi connectivity index (χ0v) is 11.4. The van der Waals surface area contributed by atoms with Crippen LogP contribution in [-0.2, 0) is 5.21 Å². The van der Waals surface area contributed by atoms with E-state index in [1.165, 1.54) is 5.06 Å². The van der Waals surface area contributed by atoms with E-state index in [9.17, 15) is 10.3 Å². The zero-order chi connectivity index (χ0) is 13.4. The van der Waals surface area contributed by atoms with Gasteiger partial charge < -0.3 is 5.11 Å². The maximum absolute atomic E-state index is 12.3. The predicted octanol–water partition coefficient (Wildman–Crippen LogP) is 3.09. The van der Waals surface area contributed by atoms with E-state index in [2.05, 4.69) is 0 Å². The average Bonchev–Trinajstić information content (AvgIpc) is 2.55. The fourth-order valence-corrected chi connectivity index (χ4v) is 2.90. The third-order valence-corrected chi connectivity index (χ3v) is 4.13. The summed E-state index contributed by atoms with van der Waals surface area (Å²) in [5.74, 6) is 0. The Morgan fingerprint density at radius 1 is 1.22 bits per heavy atom. The standard InChI is InChI=1S/C15H22NO2/c1-14(2)9-10-15(3,16(14)18)11-13(17)12-7-5-4-6-8-12/h4-8,13,17H,9-11H2,1-3H3. The monoisotopic (exact) mass is 248 g/mol. The molecule has 1 fully saturated rings. The lowest BCUT2D eigenvalue weighted by Crippen LogP contribution is -2.47. The first-order valence-corrected chi connectivity index (χ1v) is 6.56. The number of aliphatic hydroxyl groups is 1. The molecule has 0 aromatic heterocycles. The van der Waals surface area contributed by atoms with Crippen molar-refractivity contribution in [2.24, 2.45) is 0 Å². The minimum atomic E-state index is -0.568. The number of rotatable bonds is 3. The summed E-state index contributed by atoms with van der Waals surface area (Å²) in [7, 11) is 0. The van der Waals surface area contributed by atoms with Crippen LogP contribution >= 0.6 is 0 Å². The molecule has 3 heteroatoms. The maximum atomic E-state index is 12.3. The Labute approximate surface area is 109 Å². The van der Waals surface area contributed by atoms with Gasteiger partial charge in [-0.05, 0) is 45.6 Å². The van der Waals surface area contributed by atoms with E-state index in [0.29, 0.717) is 6.42 Å². The molecule has 0 amide bonds. The smallest absolute Gasteiger partial charge is 0.0808 e. The van der Waals surface area contributed by atoms with Crippen molar-refractivity contribution in [1.82, 2.24) is 5.06 Å². The van der Waals surface area contributed by atoms with Gasteiger partial charge in [-0.1, -0.05) is 30.3 Å². The minimum Gasteiger partial charge on any atom is -0.388 e. The summed E-state index contributed by atoms with van der Waals surface area (Å²) in [5.41, 5.74) is 0.112. The van der Waals surface area contributed by atoms with Crippen LogP contribution in [0.15, 0.2) is 30.3 Å². The molecule has 0 aliphatic carbocycles. The number of hydrogen-bond acceptors (Lipinski definition) is 2. The van der Waals surface area contributed by atoms with Crippen LogP contribution in [0, 0.1) is 0 Å². The van der Waals surface area contributed by atoms with Crippen molar-refractivity contribution in [3.63, 3.8) is 0 Å². The lowest BCUT2D eigenvalue weighted by atomic mass is 9.89. The van der Waals surface area contributed by atoms with Gasteiger partial charge in [0.2, 0.25) is 0 Å². The Morgan fingerprint density at radius 3 is 2.33 bits per heavy atom. The largest absolute Gasteiger partial charge is 0.388 e. The van der Waals surface area contributed by atoms with Crippen molar-refractivity contribution in [3.05, 3.63) is 35.9 Å². The molecule has 0 spiro atoms. The number of hydroxylamine groups is 2. The maximum Gasteiger partial charge on any atom is 0.0808 e. The number of aliphatic hydroxyl groups excluding tert-OH is 1. The molecule has 1 aliphatic heterocycles. The van der Waals surface area contributed by atoms with Gasteiger partial charge in [0, 0.05) is 11.1 Å². The van der Waals surface area contributed by atoms with Crippen LogP contribution < -0.4 is 0 Å². The Kier molecular flexibility index (Phi) is 3.49. The first-order chi connectivity index (χ1) is 8.35. The van der Waals surface area contributed by atoms with Gasteiger partial charge in [0.15, 0.2) is 0 Å². The molecule has 2 rings (SSSR count). The Hall–Kier alpha value is -0.900. The molecular weight excluding hydrogens is 226 g/mol. The molecule has 0 saturated carbocycles. The van der Waals surface area contributed by atoms with E-state index >= 15 is 0 Å². The molecule has 1 saturated heterocycles. The second-order valence-corrected chi connectivity index (χ2v) is 6.23. The van der Waals surface area contributed by atoms with Gasteiger partial charge in [0.1, 0.15) is 0 Å². The Morgan fingerprint density at radius 2 is 1.83 bits per heavy atom. The van der Waals surface area contributed by atoms with Gasteiger partial charge in [0.05, 0.1) is 6.10 Å². The molecule has 1 radical (unpaired) electrons. The van der Waals surface area contributed by atoms with E-state index < -0.39 is 11.6 Å². The minimum absolute atomic E-state index is 0.314. The quantitative estimate of drug-likeness (QED) is 0.893. The summed E-state index contributed by atoms with van der Waals surface area (Å²) in [5, 5.41) is 23.8. The van der Waals surface area contributed by atoms with Crippen LogP contribution in [0.25, 0.3) is 0 Å². The van der Waals surface area contributed by atoms with Crippen molar-refractivity contribution in [2.75, 3.05) is 0 Å². The fourth-order valence-electron chi connectivity index (χ4n) is 2.90. The summed E-state index contributed by atoms with van der Waals surface area (Å²) >= 11 is 0. The lowest BCUT2D eigenvalue weighted by Gasteiger charge is -2.36. The predicted molar refractivity (Wildman–Crippen MR) is 70.3 cm³/mol. The highest BCUT2D eigenvalue weighted by molar-refractivity contribution is 5.18. The SMILES string of the molecule is CC1(C)CCC(C)(CC(O)c2ccccc2)N1[O]. The fraction of sp³-hybridized carbons (Fsp3) is 0.600. The molecule has 18 heavy (non-hydrogen) atoms. The van der Waals surface area contributed by atoms with Crippen molar-refractivity contribution >= 4 is 0 Å². The van der Waals surface area contributed by atoms with Crippen molar-refractivity contribution < 1.29 is 10.3 Å². The van der Waals surface area contributed by atoms with Crippen LogP contribution in [0.5, 0.6) is 0 Å². The van der Waals surface area contributed by atoms with E-state index in [1.807, 2.05) is 51.1 Å². The van der Waals surface area contributed by atoms with Gasteiger partial charge in [0.25, 0.3) is 0 Å². The van der Waals surface area contributed by atoms with E-state index in [1.54, 1.807) is 0 Å². The summed E-state index contributed by atoms with van der Waals surface area (Å²) in [6, 6.07) is 9.56. The molecule has 1 aromatic carbocycles. The van der Waals surface area contributed by atoms with Crippen molar-refractivity contribution in [2.45, 2.75) is 57.2 Å². The zero-order valence-electron chi connectivity index (χ0n) is 11.4. The third kappa shape index (κ3) is 2.44. The average molecular weight is 248 g/mol. The normalized spacial score (nSPS) is 29.4. The van der Waals surface area contributed by atoms with Gasteiger partial charge >= 0.3 is 0 Å². The van der Waals surface area contributed by atoms with E-state index in [0.717, 1.165) is 18.4 Å². The molecule has 2 unspecified atom stereocenters. The van der Waals surface area contributed by atoms with Crippen molar-refractivity contribution in [3.8, 4) is 0 Å². The van der Waals surface area contributed by atoms with Gasteiger partial charge in [-0.25, -0.2) is 0 Å². The molecular formula is C15H22NO2. The van der Waals surface area contributed by atoms with Crippen LogP contribution in [-0.4, -0.2) is 21.2 Å². The molecule has 1 heterocycles. The van der Waals surface area contributed by atoms with Crippen LogP contribution in [0.3, 0.4) is 0 Å². The highest BCUT2D eigenvalue weighted by Gasteiger charge is 2.49. The van der Waals surface area contributed by atoms with Gasteiger partial charge in [-0.3, -0.25) is 0 Å². The van der Waals surface area contributed by atoms with Crippen molar-refractivity contribution in [1.29, 1.82) is 0 Å². The number of hydrogen-bond donors (Lipinski definition) is 1. The van der Waals surface area contributed by atoms with Gasteiger partial charge in [-0.2, -0.15) is 0 Å². The summed E-state index contributed by atoms with van der Waals surface area (Å²) in [4.78, 5) is 0. The molecule has 1 aliphatic rings. The summed E-state index contributed by atoms with van der Waals surface area (Å²) in [6.45, 7) is 5.90. The lowest BCUT2D eigenvalue weighted by molar-refractivity contribution is -0.254. The van der Waals surface area contributed by atoms with E-state index in [4.69, 9.17) is 0 Å². The highest BCUT2D eigenvalue weighted by Crippen LogP contribution is 2.43. The highest BCUT2D eigenvalue weighted by atomic mass is 16.5. The molecule has 3 nitrogen and oxygen atoms in total. The molecule has 99 valence electrons. The first-order valence-electron chi connectivity index (χ1n) is 6.56. The summed E-state index contributed by atoms with van der Waals surface area (Å²) in [6.07, 6.45) is 1.65. The molecule has 1 N–H and O–H groups in total. The number of benzene rings is 1. The third-order valence-electron chi connectivity index (χ3n) is 4.13. The van der Waals surface area contributed by atoms with Crippen LogP contribution in [0.2, 0.25) is 0 Å². The van der Waals surface area contributed by atoms with Crippen LogP contribution in [0.4, 0.5) is 0 Å². The number of nitrogens with zero attached hydrogens (tertiary/aromatic N) is 1. The molecule has 0 bridgehead atoms. The second kappa shape index (κ2) is 4.65. The topological polar surface area (TPSA) is 43.4 Å². The second-order valence-electron chi connectivity index (χ2n) is 6.23. The Balaban J connectivity index is 2.10. The molecule has 2 atom stereocenters. The molecule has 1 aromatic rings. The van der Waals surface area contributed by atoms with E-state index in [-0.39, 0.29) is 5.54 Å².